The number of rotatable bonds is 4. The van der Waals surface area contributed by atoms with Crippen LogP contribution in [0.3, 0.4) is 0 Å². The molecule has 1 N–H and O–H groups in total. The molecule has 36 heavy (non-hydrogen) atoms. The van der Waals surface area contributed by atoms with Crippen LogP contribution in [0.4, 0.5) is 23.2 Å². The number of alkyl halides is 4. The molecule has 1 radical (unpaired) electrons. The minimum atomic E-state index is -4.44. The average molecular weight is 496 g/mol. The number of hydrogen-bond donors (Lipinski definition) is 1. The van der Waals surface area contributed by atoms with Crippen LogP contribution in [0.15, 0.2) is 48.5 Å². The summed E-state index contributed by atoms with van der Waals surface area (Å²) in [6.07, 6.45) is -5.09. The van der Waals surface area contributed by atoms with Crippen molar-refractivity contribution < 1.29 is 27.2 Å². The molecule has 2 heterocycles. The molecule has 3 atom stereocenters. The molecule has 1 aliphatic heterocycles. The number of halogens is 4. The third-order valence-electron chi connectivity index (χ3n) is 6.78. The van der Waals surface area contributed by atoms with Crippen molar-refractivity contribution in [2.45, 2.75) is 50.2 Å². The minimum Gasteiger partial charge on any atom is -0.379 e. The normalized spacial score (nSPS) is 21.9. The lowest BCUT2D eigenvalue weighted by atomic mass is 9.88. The molecule has 0 saturated heterocycles. The number of hydrogen-bond acceptors (Lipinski definition) is 3. The topological polar surface area (TPSA) is 54.3 Å². The highest BCUT2D eigenvalue weighted by Crippen LogP contribution is 2.35. The van der Waals surface area contributed by atoms with Crippen LogP contribution in [-0.2, 0) is 6.54 Å². The van der Waals surface area contributed by atoms with Crippen molar-refractivity contribution in [1.29, 1.82) is 0 Å². The zero-order chi connectivity index (χ0) is 25.6. The monoisotopic (exact) mass is 496 g/mol. The smallest absolute Gasteiger partial charge is 0.379 e. The summed E-state index contributed by atoms with van der Waals surface area (Å²) < 4.78 is 56.0. The van der Waals surface area contributed by atoms with Gasteiger partial charge in [0.25, 0.3) is 11.8 Å². The lowest BCUT2D eigenvalue weighted by Crippen LogP contribution is -2.48. The van der Waals surface area contributed by atoms with Crippen molar-refractivity contribution in [3.05, 3.63) is 72.3 Å². The van der Waals surface area contributed by atoms with Gasteiger partial charge in [0.05, 0.1) is 28.4 Å². The maximum atomic E-state index is 15.4. The lowest BCUT2D eigenvalue weighted by molar-refractivity contribution is -0.140. The molecular formula is C27H22F4N3O2. The fraction of sp³-hybridized carbons (Fsp3) is 0.296. The summed E-state index contributed by atoms with van der Waals surface area (Å²) in [5.74, 6) is 4.19. The number of anilines is 1. The van der Waals surface area contributed by atoms with E-state index < -0.39 is 42.8 Å². The van der Waals surface area contributed by atoms with E-state index in [2.05, 4.69) is 24.1 Å². The van der Waals surface area contributed by atoms with E-state index in [-0.39, 0.29) is 12.1 Å². The van der Waals surface area contributed by atoms with E-state index in [0.717, 1.165) is 9.47 Å². The van der Waals surface area contributed by atoms with Crippen molar-refractivity contribution in [3.8, 4) is 11.8 Å². The highest BCUT2D eigenvalue weighted by atomic mass is 19.4. The Morgan fingerprint density at radius 2 is 1.72 bits per heavy atom. The first-order valence-corrected chi connectivity index (χ1v) is 11.5. The van der Waals surface area contributed by atoms with Crippen molar-refractivity contribution in [1.82, 2.24) is 9.47 Å². The first-order chi connectivity index (χ1) is 17.2. The van der Waals surface area contributed by atoms with Gasteiger partial charge < -0.3 is 9.88 Å². The van der Waals surface area contributed by atoms with E-state index in [1.54, 1.807) is 48.5 Å². The van der Waals surface area contributed by atoms with Crippen LogP contribution in [0.2, 0.25) is 0 Å². The van der Waals surface area contributed by atoms with Gasteiger partial charge >= 0.3 is 6.18 Å². The van der Waals surface area contributed by atoms with Gasteiger partial charge in [-0.3, -0.25) is 14.5 Å². The second-order valence-electron chi connectivity index (χ2n) is 9.03. The summed E-state index contributed by atoms with van der Waals surface area (Å²) in [5, 5.41) is 3.64. The Hall–Kier alpha value is -3.80. The number of benzene rings is 2. The number of amides is 2. The number of nitrogens with zero attached hydrogens (tertiary/aromatic N) is 2. The molecule has 0 spiro atoms. The van der Waals surface area contributed by atoms with Crippen molar-refractivity contribution in [2.24, 2.45) is 0 Å². The van der Waals surface area contributed by atoms with E-state index in [9.17, 15) is 22.8 Å². The molecule has 1 saturated carbocycles. The zero-order valence-corrected chi connectivity index (χ0v) is 19.1. The number of aromatic nitrogens is 1. The van der Waals surface area contributed by atoms with E-state index in [0.29, 0.717) is 40.6 Å². The van der Waals surface area contributed by atoms with Crippen molar-refractivity contribution >= 4 is 28.4 Å². The lowest BCUT2D eigenvalue weighted by Gasteiger charge is -2.36. The van der Waals surface area contributed by atoms with E-state index in [4.69, 9.17) is 0 Å². The van der Waals surface area contributed by atoms with Gasteiger partial charge in [0.1, 0.15) is 12.7 Å². The van der Waals surface area contributed by atoms with Crippen LogP contribution < -0.4 is 5.32 Å². The number of imide groups is 1. The SMILES string of the molecule is [CH2]C#Cc1cc2c(NC3CCC(N4C(=O)c5ccccc5C4=O)CC3F)cccc2n1CC(F)(F)F. The van der Waals surface area contributed by atoms with Gasteiger partial charge in [-0.25, -0.2) is 4.39 Å². The van der Waals surface area contributed by atoms with Crippen LogP contribution in [0.25, 0.3) is 10.9 Å². The Morgan fingerprint density at radius 1 is 1.03 bits per heavy atom. The predicted molar refractivity (Wildman–Crippen MR) is 127 cm³/mol. The molecule has 1 aromatic heterocycles. The molecule has 0 bridgehead atoms. The molecule has 5 rings (SSSR count). The van der Waals surface area contributed by atoms with Gasteiger partial charge in [-0.05, 0) is 49.1 Å². The number of carbonyl (C=O) groups is 2. The molecule has 1 fully saturated rings. The van der Waals surface area contributed by atoms with E-state index in [1.165, 1.54) is 0 Å². The van der Waals surface area contributed by atoms with Crippen molar-refractivity contribution in [2.75, 3.05) is 5.32 Å². The molecule has 185 valence electrons. The van der Waals surface area contributed by atoms with Crippen molar-refractivity contribution in [3.63, 3.8) is 0 Å². The number of nitrogens with one attached hydrogen (secondary N) is 1. The standard InChI is InChI=1S/C27H22F4N3O2/c1-2-6-16-13-20-22(9-5-10-24(20)33(16)15-27(29,30)31)32-23-12-11-17(14-21(23)28)34-25(35)18-7-3-4-8-19(18)26(34)36/h3-5,7-10,13,17,21,23,32H,1,11-12,14-15H2. The maximum absolute atomic E-state index is 15.4. The second kappa shape index (κ2) is 9.01. The summed E-state index contributed by atoms with van der Waals surface area (Å²) in [6.45, 7) is 2.20. The second-order valence-corrected chi connectivity index (χ2v) is 9.03. The quantitative estimate of drug-likeness (QED) is 0.301. The molecular weight excluding hydrogens is 474 g/mol. The van der Waals surface area contributed by atoms with Crippen LogP contribution in [0.5, 0.6) is 0 Å². The summed E-state index contributed by atoms with van der Waals surface area (Å²) in [4.78, 5) is 26.7. The van der Waals surface area contributed by atoms with Crippen LogP contribution in [0.1, 0.15) is 45.7 Å². The highest BCUT2D eigenvalue weighted by molar-refractivity contribution is 6.21. The summed E-state index contributed by atoms with van der Waals surface area (Å²) in [7, 11) is 0. The molecule has 9 heteroatoms. The first-order valence-electron chi connectivity index (χ1n) is 11.5. The van der Waals surface area contributed by atoms with E-state index in [1.807, 2.05) is 0 Å². The molecule has 2 amide bonds. The molecule has 3 aromatic rings. The summed E-state index contributed by atoms with van der Waals surface area (Å²) >= 11 is 0. The molecule has 3 unspecified atom stereocenters. The first kappa shape index (κ1) is 23.9. The average Bonchev–Trinajstić information content (AvgIpc) is 3.30. The maximum Gasteiger partial charge on any atom is 0.406 e. The zero-order valence-electron chi connectivity index (χ0n) is 19.1. The minimum absolute atomic E-state index is 0.0214. The Balaban J connectivity index is 1.36. The third-order valence-corrected chi connectivity index (χ3v) is 6.78. The summed E-state index contributed by atoms with van der Waals surface area (Å²) in [6, 6.07) is 11.8. The Labute approximate surface area is 205 Å². The van der Waals surface area contributed by atoms with Gasteiger partial charge in [-0.15, -0.1) is 0 Å². The van der Waals surface area contributed by atoms with Crippen LogP contribution in [-0.4, -0.2) is 45.7 Å². The van der Waals surface area contributed by atoms with Gasteiger partial charge in [-0.2, -0.15) is 13.2 Å². The van der Waals surface area contributed by atoms with Gasteiger partial charge in [0, 0.05) is 30.5 Å². The predicted octanol–water partition coefficient (Wildman–Crippen LogP) is 5.36. The fourth-order valence-corrected chi connectivity index (χ4v) is 5.19. The van der Waals surface area contributed by atoms with Crippen LogP contribution >= 0.6 is 0 Å². The summed E-state index contributed by atoms with van der Waals surface area (Å²) in [5.41, 5.74) is 1.64. The fourth-order valence-electron chi connectivity index (χ4n) is 5.19. The number of fused-ring (bicyclic) bond motifs is 2. The number of carbonyl (C=O) groups excluding carboxylic acids is 2. The van der Waals surface area contributed by atoms with E-state index >= 15 is 4.39 Å². The molecule has 5 nitrogen and oxygen atoms in total. The largest absolute Gasteiger partial charge is 0.406 e. The highest BCUT2D eigenvalue weighted by Gasteiger charge is 2.43. The molecule has 2 aliphatic rings. The van der Waals surface area contributed by atoms with Crippen LogP contribution in [0, 0.1) is 18.8 Å². The molecule has 1 aliphatic carbocycles. The third kappa shape index (κ3) is 4.21. The Morgan fingerprint density at radius 3 is 2.33 bits per heavy atom. The van der Waals surface area contributed by atoms with Gasteiger partial charge in [0.15, 0.2) is 0 Å². The van der Waals surface area contributed by atoms with Gasteiger partial charge in [0.2, 0.25) is 0 Å². The Kier molecular flexibility index (Phi) is 5.99. The van der Waals surface area contributed by atoms with Gasteiger partial charge in [-0.1, -0.05) is 24.1 Å². The Bertz CT molecular complexity index is 1380. The molecule has 2 aromatic carbocycles.